The lowest BCUT2D eigenvalue weighted by Crippen LogP contribution is -2.37. The Hall–Kier alpha value is -2.95. The van der Waals surface area contributed by atoms with Crippen molar-refractivity contribution in [1.29, 1.82) is 0 Å². The number of hydrogen-bond donors (Lipinski definition) is 0. The predicted molar refractivity (Wildman–Crippen MR) is 92.9 cm³/mol. The number of nitrogens with zero attached hydrogens (tertiary/aromatic N) is 2. The molecule has 0 saturated carbocycles. The van der Waals surface area contributed by atoms with Crippen LogP contribution in [-0.2, 0) is 13.1 Å². The number of hydrogen-bond acceptors (Lipinski definition) is 3. The Morgan fingerprint density at radius 3 is 2.80 bits per heavy atom. The molecule has 3 aromatic rings. The van der Waals surface area contributed by atoms with Crippen molar-refractivity contribution in [3.63, 3.8) is 0 Å². The molecule has 4 rings (SSSR count). The van der Waals surface area contributed by atoms with E-state index < -0.39 is 6.09 Å². The maximum Gasteiger partial charge on any atom is 0.417 e. The van der Waals surface area contributed by atoms with Gasteiger partial charge in [0, 0.05) is 16.5 Å². The summed E-state index contributed by atoms with van der Waals surface area (Å²) in [6.45, 7) is 4.56. The summed E-state index contributed by atoms with van der Waals surface area (Å²) < 4.78 is 19.3. The van der Waals surface area contributed by atoms with Crippen LogP contribution in [0.1, 0.15) is 22.3 Å². The van der Waals surface area contributed by atoms with Gasteiger partial charge in [-0.05, 0) is 43.2 Å². The third-order valence-electron chi connectivity index (χ3n) is 4.45. The van der Waals surface area contributed by atoms with Crippen molar-refractivity contribution in [2.24, 2.45) is 0 Å². The molecular formula is C20H17FN2O2. The van der Waals surface area contributed by atoms with E-state index in [0.29, 0.717) is 18.0 Å². The summed E-state index contributed by atoms with van der Waals surface area (Å²) in [7, 11) is 0. The lowest BCUT2D eigenvalue weighted by molar-refractivity contribution is 0.132. The normalized spacial score (nSPS) is 13.7. The first kappa shape index (κ1) is 15.6. The molecule has 4 nitrogen and oxygen atoms in total. The molecule has 0 radical (unpaired) electrons. The highest BCUT2D eigenvalue weighted by molar-refractivity contribution is 5.85. The van der Waals surface area contributed by atoms with Crippen LogP contribution in [0.5, 0.6) is 5.88 Å². The van der Waals surface area contributed by atoms with Gasteiger partial charge in [-0.25, -0.2) is 14.2 Å². The van der Waals surface area contributed by atoms with Crippen LogP contribution in [0.2, 0.25) is 0 Å². The minimum Gasteiger partial charge on any atom is -0.391 e. The second-order valence-corrected chi connectivity index (χ2v) is 6.42. The minimum absolute atomic E-state index is 0.163. The minimum atomic E-state index is -0.507. The predicted octanol–water partition coefficient (Wildman–Crippen LogP) is 4.51. The number of pyridine rings is 1. The van der Waals surface area contributed by atoms with Crippen molar-refractivity contribution in [3.05, 3.63) is 70.5 Å². The summed E-state index contributed by atoms with van der Waals surface area (Å²) in [6.07, 6.45) is -0.507. The van der Waals surface area contributed by atoms with Gasteiger partial charge in [0.2, 0.25) is 5.88 Å². The summed E-state index contributed by atoms with van der Waals surface area (Å²) in [5, 5.41) is 1.04. The Bertz CT molecular complexity index is 1000. The zero-order valence-corrected chi connectivity index (χ0v) is 14.0. The van der Waals surface area contributed by atoms with Crippen LogP contribution in [-0.4, -0.2) is 16.0 Å². The van der Waals surface area contributed by atoms with Gasteiger partial charge in [0.05, 0.1) is 18.6 Å². The number of amides is 1. The second-order valence-electron chi connectivity index (χ2n) is 6.42. The first-order chi connectivity index (χ1) is 12.0. The number of benzene rings is 2. The van der Waals surface area contributed by atoms with Crippen molar-refractivity contribution < 1.29 is 13.9 Å². The van der Waals surface area contributed by atoms with Crippen molar-refractivity contribution >= 4 is 17.0 Å². The van der Waals surface area contributed by atoms with Gasteiger partial charge in [0.1, 0.15) is 5.82 Å². The van der Waals surface area contributed by atoms with Crippen LogP contribution in [0, 0.1) is 19.7 Å². The number of aromatic nitrogens is 1. The van der Waals surface area contributed by atoms with E-state index in [-0.39, 0.29) is 12.4 Å². The average molecular weight is 336 g/mol. The Morgan fingerprint density at radius 1 is 1.20 bits per heavy atom. The van der Waals surface area contributed by atoms with E-state index in [1.54, 1.807) is 18.2 Å². The molecule has 0 spiro atoms. The summed E-state index contributed by atoms with van der Waals surface area (Å²) >= 11 is 0. The maximum atomic E-state index is 13.9. The average Bonchev–Trinajstić information content (AvgIpc) is 2.56. The van der Waals surface area contributed by atoms with Gasteiger partial charge < -0.3 is 4.74 Å². The number of rotatable bonds is 2. The fourth-order valence-corrected chi connectivity index (χ4v) is 3.23. The molecule has 1 aliphatic rings. The SMILES string of the molecule is Cc1cc(C)c2cc3c(nc2c1)OC(=O)N(Cc1ccccc1F)C3. The first-order valence-electron chi connectivity index (χ1n) is 8.12. The molecule has 0 aliphatic carbocycles. The van der Waals surface area contributed by atoms with Gasteiger partial charge >= 0.3 is 6.09 Å². The van der Waals surface area contributed by atoms with Crippen LogP contribution in [0.15, 0.2) is 42.5 Å². The Morgan fingerprint density at radius 2 is 2.00 bits per heavy atom. The number of halogens is 1. The summed E-state index contributed by atoms with van der Waals surface area (Å²) in [6, 6.07) is 12.5. The van der Waals surface area contributed by atoms with E-state index >= 15 is 0 Å². The summed E-state index contributed by atoms with van der Waals surface area (Å²) in [5.41, 5.74) is 4.34. The molecule has 0 N–H and O–H groups in total. The van der Waals surface area contributed by atoms with Crippen LogP contribution >= 0.6 is 0 Å². The van der Waals surface area contributed by atoms with Crippen LogP contribution in [0.3, 0.4) is 0 Å². The topological polar surface area (TPSA) is 42.4 Å². The van der Waals surface area contributed by atoms with Crippen LogP contribution in [0.4, 0.5) is 9.18 Å². The molecule has 126 valence electrons. The molecule has 25 heavy (non-hydrogen) atoms. The molecule has 2 aromatic carbocycles. The molecule has 0 unspecified atom stereocenters. The molecule has 0 atom stereocenters. The highest BCUT2D eigenvalue weighted by Gasteiger charge is 2.27. The fraction of sp³-hybridized carbons (Fsp3) is 0.200. The third-order valence-corrected chi connectivity index (χ3v) is 4.45. The number of carbonyl (C=O) groups is 1. The molecule has 1 aromatic heterocycles. The molecule has 0 bridgehead atoms. The second kappa shape index (κ2) is 5.84. The standard InChI is InChI=1S/C20H17FN2O2/c1-12-7-13(2)16-9-15-11-23(10-14-5-3-4-6-17(14)21)20(24)25-19(15)22-18(16)8-12/h3-9H,10-11H2,1-2H3. The lowest BCUT2D eigenvalue weighted by Gasteiger charge is -2.27. The Labute approximate surface area is 144 Å². The first-order valence-corrected chi connectivity index (χ1v) is 8.12. The molecular weight excluding hydrogens is 319 g/mol. The Balaban J connectivity index is 1.71. The summed E-state index contributed by atoms with van der Waals surface area (Å²) in [5.74, 6) is 0.0105. The van der Waals surface area contributed by atoms with Crippen molar-refractivity contribution in [2.75, 3.05) is 0 Å². The number of fused-ring (bicyclic) bond motifs is 2. The third kappa shape index (κ3) is 2.82. The molecule has 0 saturated heterocycles. The van der Waals surface area contributed by atoms with Gasteiger partial charge in [-0.1, -0.05) is 24.3 Å². The van der Waals surface area contributed by atoms with E-state index in [1.807, 2.05) is 26.0 Å². The van der Waals surface area contributed by atoms with Crippen LogP contribution < -0.4 is 4.74 Å². The number of ether oxygens (including phenoxy) is 1. The zero-order valence-electron chi connectivity index (χ0n) is 14.0. The van der Waals surface area contributed by atoms with E-state index in [0.717, 1.165) is 27.6 Å². The van der Waals surface area contributed by atoms with Gasteiger partial charge in [-0.15, -0.1) is 0 Å². The van der Waals surface area contributed by atoms with Crippen LogP contribution in [0.25, 0.3) is 10.9 Å². The van der Waals surface area contributed by atoms with Crippen molar-refractivity contribution in [3.8, 4) is 5.88 Å². The zero-order chi connectivity index (χ0) is 17.6. The molecule has 0 fully saturated rings. The molecule has 1 aliphatic heterocycles. The van der Waals surface area contributed by atoms with E-state index in [1.165, 1.54) is 11.0 Å². The molecule has 5 heteroatoms. The monoisotopic (exact) mass is 336 g/mol. The van der Waals surface area contributed by atoms with E-state index in [2.05, 4.69) is 11.1 Å². The lowest BCUT2D eigenvalue weighted by atomic mass is 10.0. The maximum absolute atomic E-state index is 13.9. The molecule has 1 amide bonds. The van der Waals surface area contributed by atoms with E-state index in [4.69, 9.17) is 4.74 Å². The fourth-order valence-electron chi connectivity index (χ4n) is 3.23. The van der Waals surface area contributed by atoms with Gasteiger partial charge in [0.25, 0.3) is 0 Å². The van der Waals surface area contributed by atoms with Crippen molar-refractivity contribution in [1.82, 2.24) is 9.88 Å². The largest absolute Gasteiger partial charge is 0.417 e. The highest BCUT2D eigenvalue weighted by Crippen LogP contribution is 2.30. The van der Waals surface area contributed by atoms with Gasteiger partial charge in [-0.2, -0.15) is 0 Å². The highest BCUT2D eigenvalue weighted by atomic mass is 19.1. The summed E-state index contributed by atoms with van der Waals surface area (Å²) in [4.78, 5) is 18.3. The number of carbonyl (C=O) groups excluding carboxylic acids is 1. The number of aryl methyl sites for hydroxylation is 2. The van der Waals surface area contributed by atoms with E-state index in [9.17, 15) is 9.18 Å². The quantitative estimate of drug-likeness (QED) is 0.692. The van der Waals surface area contributed by atoms with Gasteiger partial charge in [0.15, 0.2) is 0 Å². The Kier molecular flexibility index (Phi) is 3.64. The van der Waals surface area contributed by atoms with Crippen molar-refractivity contribution in [2.45, 2.75) is 26.9 Å². The smallest absolute Gasteiger partial charge is 0.391 e. The van der Waals surface area contributed by atoms with Gasteiger partial charge in [-0.3, -0.25) is 4.90 Å². The molecule has 2 heterocycles.